The van der Waals surface area contributed by atoms with Crippen LogP contribution in [0.1, 0.15) is 11.6 Å². The molecule has 0 spiro atoms. The first-order chi connectivity index (χ1) is 6.86. The molecule has 0 aliphatic rings. The molecule has 0 saturated carbocycles. The summed E-state index contributed by atoms with van der Waals surface area (Å²) in [4.78, 5) is 10.4. The molecule has 0 saturated heterocycles. The van der Waals surface area contributed by atoms with Crippen LogP contribution in [0.25, 0.3) is 0 Å². The minimum absolute atomic E-state index is 0.425. The lowest BCUT2D eigenvalue weighted by atomic mass is 10.1. The first-order valence-corrected chi connectivity index (χ1v) is 4.46. The predicted octanol–water partition coefficient (Wildman–Crippen LogP) is 1.95. The van der Waals surface area contributed by atoms with E-state index in [0.29, 0.717) is 6.07 Å². The van der Waals surface area contributed by atoms with Gasteiger partial charge in [-0.15, -0.1) is 0 Å². The van der Waals surface area contributed by atoms with E-state index in [4.69, 9.17) is 10.8 Å². The van der Waals surface area contributed by atoms with Crippen molar-refractivity contribution in [1.29, 1.82) is 0 Å². The number of hydrogen-bond donors (Lipinski definition) is 2. The molecule has 0 heterocycles. The molecule has 3 N–H and O–H groups in total. The summed E-state index contributed by atoms with van der Waals surface area (Å²) in [6, 6.07) is -1.31. The van der Waals surface area contributed by atoms with Crippen molar-refractivity contribution in [2.75, 3.05) is 0 Å². The largest absolute Gasteiger partial charge is 0.480 e. The average molecular weight is 284 g/mol. The van der Waals surface area contributed by atoms with Gasteiger partial charge in [-0.25, -0.2) is 13.2 Å². The molecular formula is C8H5BrF3NO2. The summed E-state index contributed by atoms with van der Waals surface area (Å²) < 4.78 is 38.1. The smallest absolute Gasteiger partial charge is 0.325 e. The normalized spacial score (nSPS) is 12.6. The van der Waals surface area contributed by atoms with Gasteiger partial charge in [0.15, 0.2) is 11.6 Å². The number of nitrogens with two attached hydrogens (primary N) is 1. The van der Waals surface area contributed by atoms with Gasteiger partial charge < -0.3 is 10.8 Å². The second-order valence-electron chi connectivity index (χ2n) is 2.71. The zero-order chi connectivity index (χ0) is 11.7. The van der Waals surface area contributed by atoms with E-state index in [1.807, 2.05) is 0 Å². The quantitative estimate of drug-likeness (QED) is 0.644. The summed E-state index contributed by atoms with van der Waals surface area (Å²) in [5, 5.41) is 8.49. The summed E-state index contributed by atoms with van der Waals surface area (Å²) >= 11 is 2.46. The van der Waals surface area contributed by atoms with Gasteiger partial charge in [0.1, 0.15) is 11.9 Å². The third-order valence-corrected chi connectivity index (χ3v) is 2.43. The van der Waals surface area contributed by atoms with E-state index in [2.05, 4.69) is 15.9 Å². The maximum Gasteiger partial charge on any atom is 0.325 e. The highest BCUT2D eigenvalue weighted by Gasteiger charge is 2.24. The topological polar surface area (TPSA) is 63.3 Å². The van der Waals surface area contributed by atoms with Crippen molar-refractivity contribution in [2.24, 2.45) is 5.73 Å². The lowest BCUT2D eigenvalue weighted by molar-refractivity contribution is -0.138. The highest BCUT2D eigenvalue weighted by molar-refractivity contribution is 9.10. The van der Waals surface area contributed by atoms with Gasteiger partial charge in [-0.05, 0) is 22.0 Å². The fraction of sp³-hybridized carbons (Fsp3) is 0.125. The van der Waals surface area contributed by atoms with Crippen molar-refractivity contribution in [3.63, 3.8) is 0 Å². The molecule has 15 heavy (non-hydrogen) atoms. The van der Waals surface area contributed by atoms with Gasteiger partial charge in [0.2, 0.25) is 0 Å². The van der Waals surface area contributed by atoms with E-state index in [1.54, 1.807) is 0 Å². The van der Waals surface area contributed by atoms with Gasteiger partial charge in [0.25, 0.3) is 0 Å². The molecule has 1 aromatic carbocycles. The Labute approximate surface area is 90.8 Å². The zero-order valence-electron chi connectivity index (χ0n) is 7.10. The lowest BCUT2D eigenvalue weighted by Crippen LogP contribution is -2.22. The highest BCUT2D eigenvalue weighted by Crippen LogP contribution is 2.27. The molecule has 0 bridgehead atoms. The number of halogens is 4. The standard InChI is InChI=1S/C8H5BrF3NO2/c9-4-5(11)2(7(13)8(14)15)1-3(10)6(4)12/h1,7H,13H2,(H,14,15). The molecule has 0 radical (unpaired) electrons. The molecule has 7 heteroatoms. The van der Waals surface area contributed by atoms with Gasteiger partial charge in [0.05, 0.1) is 4.47 Å². The van der Waals surface area contributed by atoms with Crippen molar-refractivity contribution in [1.82, 2.24) is 0 Å². The summed E-state index contributed by atoms with van der Waals surface area (Å²) in [6.07, 6.45) is 0. The second kappa shape index (κ2) is 4.19. The van der Waals surface area contributed by atoms with E-state index >= 15 is 0 Å². The maximum absolute atomic E-state index is 13.3. The Hall–Kier alpha value is -1.08. The van der Waals surface area contributed by atoms with Crippen molar-refractivity contribution >= 4 is 21.9 Å². The Morgan fingerprint density at radius 2 is 1.93 bits per heavy atom. The van der Waals surface area contributed by atoms with Crippen LogP contribution in [0, 0.1) is 17.5 Å². The first kappa shape index (κ1) is 12.0. The molecule has 1 unspecified atom stereocenters. The summed E-state index contributed by atoms with van der Waals surface area (Å²) in [7, 11) is 0. The number of carbonyl (C=O) groups is 1. The summed E-state index contributed by atoms with van der Waals surface area (Å²) in [5.74, 6) is -5.54. The van der Waals surface area contributed by atoms with Gasteiger partial charge in [-0.2, -0.15) is 0 Å². The van der Waals surface area contributed by atoms with Crippen LogP contribution in [-0.4, -0.2) is 11.1 Å². The lowest BCUT2D eigenvalue weighted by Gasteiger charge is -2.10. The molecule has 0 fully saturated rings. The monoisotopic (exact) mass is 283 g/mol. The third kappa shape index (κ3) is 2.13. The van der Waals surface area contributed by atoms with Gasteiger partial charge >= 0.3 is 5.97 Å². The van der Waals surface area contributed by atoms with Crippen LogP contribution in [-0.2, 0) is 4.79 Å². The third-order valence-electron chi connectivity index (χ3n) is 1.73. The van der Waals surface area contributed by atoms with Crippen LogP contribution >= 0.6 is 15.9 Å². The van der Waals surface area contributed by atoms with Crippen molar-refractivity contribution in [2.45, 2.75) is 6.04 Å². The number of rotatable bonds is 2. The van der Waals surface area contributed by atoms with Gasteiger partial charge in [-0.1, -0.05) is 0 Å². The minimum atomic E-state index is -1.74. The van der Waals surface area contributed by atoms with Crippen molar-refractivity contribution < 1.29 is 23.1 Å². The van der Waals surface area contributed by atoms with E-state index in [9.17, 15) is 18.0 Å². The number of hydrogen-bond acceptors (Lipinski definition) is 2. The Morgan fingerprint density at radius 1 is 1.40 bits per heavy atom. The van der Waals surface area contributed by atoms with E-state index in [0.717, 1.165) is 0 Å². The molecule has 1 rings (SSSR count). The average Bonchev–Trinajstić information content (AvgIpc) is 2.19. The number of benzene rings is 1. The van der Waals surface area contributed by atoms with E-state index in [-0.39, 0.29) is 0 Å². The molecule has 82 valence electrons. The van der Waals surface area contributed by atoms with Crippen LogP contribution in [0.2, 0.25) is 0 Å². The van der Waals surface area contributed by atoms with Crippen molar-refractivity contribution in [3.8, 4) is 0 Å². The Bertz CT molecular complexity index is 425. The predicted molar refractivity (Wildman–Crippen MR) is 48.6 cm³/mol. The first-order valence-electron chi connectivity index (χ1n) is 3.67. The SMILES string of the molecule is NC(C(=O)O)c1cc(F)c(F)c(Br)c1F. The second-order valence-corrected chi connectivity index (χ2v) is 3.50. The summed E-state index contributed by atoms with van der Waals surface area (Å²) in [6.45, 7) is 0. The van der Waals surface area contributed by atoms with Gasteiger partial charge in [0, 0.05) is 5.56 Å². The molecule has 3 nitrogen and oxygen atoms in total. The number of carboxylic acid groups (broad SMARTS) is 1. The molecule has 0 aromatic heterocycles. The zero-order valence-corrected chi connectivity index (χ0v) is 8.69. The highest BCUT2D eigenvalue weighted by atomic mass is 79.9. The van der Waals surface area contributed by atoms with Crippen LogP contribution in [0.15, 0.2) is 10.5 Å². The number of aliphatic carboxylic acids is 1. The summed E-state index contributed by atoms with van der Waals surface area (Å²) in [5.41, 5.74) is 4.46. The van der Waals surface area contributed by atoms with Crippen LogP contribution in [0.5, 0.6) is 0 Å². The molecule has 0 aliphatic heterocycles. The van der Waals surface area contributed by atoms with Crippen molar-refractivity contribution in [3.05, 3.63) is 33.6 Å². The molecule has 0 aliphatic carbocycles. The van der Waals surface area contributed by atoms with E-state index < -0.39 is 39.5 Å². The Balaban J connectivity index is 3.38. The van der Waals surface area contributed by atoms with Crippen LogP contribution in [0.4, 0.5) is 13.2 Å². The number of carboxylic acids is 1. The molecule has 0 amide bonds. The Morgan fingerprint density at radius 3 is 2.40 bits per heavy atom. The molecular weight excluding hydrogens is 279 g/mol. The maximum atomic E-state index is 13.3. The molecule has 1 aromatic rings. The molecule has 1 atom stereocenters. The van der Waals surface area contributed by atoms with E-state index in [1.165, 1.54) is 0 Å². The van der Waals surface area contributed by atoms with Gasteiger partial charge in [-0.3, -0.25) is 4.79 Å². The van der Waals surface area contributed by atoms with Crippen LogP contribution < -0.4 is 5.73 Å². The minimum Gasteiger partial charge on any atom is -0.480 e. The van der Waals surface area contributed by atoms with Crippen LogP contribution in [0.3, 0.4) is 0 Å². The fourth-order valence-electron chi connectivity index (χ4n) is 0.950. The fourth-order valence-corrected chi connectivity index (χ4v) is 1.37. The Kier molecular flexibility index (Phi) is 3.35.